The van der Waals surface area contributed by atoms with Gasteiger partial charge in [0.2, 0.25) is 0 Å². The zero-order valence-corrected chi connectivity index (χ0v) is 15.3. The number of ether oxygens (including phenoxy) is 1. The standard InChI is InChI=1S/C19H24N4OS/c1-22-14-20-12-18(22)19-10-15(6-8-24-19)21-11-16-4-2-7-23(16)13-17-5-3-9-25-17/h2-5,7,9,12,14-15,19,21H,6,8,10-11,13H2,1H3/t15-,19+/m1/s1. The fourth-order valence-electron chi connectivity index (χ4n) is 3.45. The summed E-state index contributed by atoms with van der Waals surface area (Å²) in [6.07, 6.45) is 8.10. The van der Waals surface area contributed by atoms with Crippen LogP contribution < -0.4 is 5.32 Å². The number of thiophene rings is 1. The average Bonchev–Trinajstić information content (AvgIpc) is 3.36. The predicted octanol–water partition coefficient (Wildman–Crippen LogP) is 3.34. The molecule has 1 N–H and O–H groups in total. The highest BCUT2D eigenvalue weighted by Crippen LogP contribution is 2.27. The van der Waals surface area contributed by atoms with Crippen molar-refractivity contribution in [2.45, 2.75) is 38.1 Å². The summed E-state index contributed by atoms with van der Waals surface area (Å²) < 4.78 is 10.3. The smallest absolute Gasteiger partial charge is 0.100 e. The maximum absolute atomic E-state index is 5.96. The summed E-state index contributed by atoms with van der Waals surface area (Å²) in [5, 5.41) is 5.86. The van der Waals surface area contributed by atoms with Crippen LogP contribution in [-0.2, 0) is 24.9 Å². The van der Waals surface area contributed by atoms with E-state index in [1.807, 2.05) is 30.9 Å². The van der Waals surface area contributed by atoms with Crippen molar-refractivity contribution >= 4 is 11.3 Å². The van der Waals surface area contributed by atoms with Crippen molar-refractivity contribution in [1.29, 1.82) is 0 Å². The molecule has 2 atom stereocenters. The Morgan fingerprint density at radius 2 is 2.32 bits per heavy atom. The van der Waals surface area contributed by atoms with Crippen LogP contribution in [0, 0.1) is 0 Å². The van der Waals surface area contributed by atoms with Gasteiger partial charge in [-0.3, -0.25) is 0 Å². The van der Waals surface area contributed by atoms with Gasteiger partial charge in [0.25, 0.3) is 0 Å². The Morgan fingerprint density at radius 1 is 1.36 bits per heavy atom. The summed E-state index contributed by atoms with van der Waals surface area (Å²) >= 11 is 1.81. The number of rotatable bonds is 6. The molecule has 0 unspecified atom stereocenters. The van der Waals surface area contributed by atoms with E-state index in [-0.39, 0.29) is 6.10 Å². The molecule has 1 aliphatic heterocycles. The molecule has 0 bridgehead atoms. The van der Waals surface area contributed by atoms with Crippen molar-refractivity contribution in [3.63, 3.8) is 0 Å². The molecule has 3 aromatic heterocycles. The molecule has 0 amide bonds. The highest BCUT2D eigenvalue weighted by molar-refractivity contribution is 7.09. The fourth-order valence-corrected chi connectivity index (χ4v) is 4.15. The number of hydrogen-bond acceptors (Lipinski definition) is 4. The summed E-state index contributed by atoms with van der Waals surface area (Å²) in [5.74, 6) is 0. The van der Waals surface area contributed by atoms with E-state index in [0.717, 1.165) is 38.2 Å². The summed E-state index contributed by atoms with van der Waals surface area (Å²) in [4.78, 5) is 5.60. The Kier molecular flexibility index (Phi) is 5.01. The van der Waals surface area contributed by atoms with E-state index < -0.39 is 0 Å². The number of nitrogens with one attached hydrogen (secondary N) is 1. The molecule has 5 nitrogen and oxygen atoms in total. The fraction of sp³-hybridized carbons (Fsp3) is 0.421. The van der Waals surface area contributed by atoms with Gasteiger partial charge < -0.3 is 19.2 Å². The SMILES string of the molecule is Cn1cncc1[C@@H]1C[C@H](NCc2cccn2Cc2cccs2)CCO1. The van der Waals surface area contributed by atoms with E-state index in [1.165, 1.54) is 10.6 Å². The maximum Gasteiger partial charge on any atom is 0.100 e. The van der Waals surface area contributed by atoms with E-state index in [9.17, 15) is 0 Å². The Balaban J connectivity index is 1.35. The van der Waals surface area contributed by atoms with Gasteiger partial charge in [-0.15, -0.1) is 11.3 Å². The largest absolute Gasteiger partial charge is 0.372 e. The molecule has 0 aliphatic carbocycles. The van der Waals surface area contributed by atoms with Gasteiger partial charge >= 0.3 is 0 Å². The van der Waals surface area contributed by atoms with Crippen LogP contribution in [0.1, 0.15) is 35.2 Å². The molecular weight excluding hydrogens is 332 g/mol. The van der Waals surface area contributed by atoms with Gasteiger partial charge in [-0.1, -0.05) is 6.07 Å². The summed E-state index contributed by atoms with van der Waals surface area (Å²) in [5.41, 5.74) is 2.49. The van der Waals surface area contributed by atoms with E-state index in [4.69, 9.17) is 4.74 Å². The van der Waals surface area contributed by atoms with Crippen LogP contribution in [0.5, 0.6) is 0 Å². The minimum atomic E-state index is 0.136. The summed E-state index contributed by atoms with van der Waals surface area (Å²) in [6.45, 7) is 2.64. The zero-order valence-electron chi connectivity index (χ0n) is 14.5. The molecular formula is C19H24N4OS. The minimum absolute atomic E-state index is 0.136. The lowest BCUT2D eigenvalue weighted by molar-refractivity contribution is -0.00412. The molecule has 0 radical (unpaired) electrons. The van der Waals surface area contributed by atoms with Crippen LogP contribution in [0.4, 0.5) is 0 Å². The molecule has 6 heteroatoms. The molecule has 0 spiro atoms. The number of imidazole rings is 1. The predicted molar refractivity (Wildman–Crippen MR) is 99.6 cm³/mol. The normalized spacial score (nSPS) is 20.8. The van der Waals surface area contributed by atoms with E-state index in [0.29, 0.717) is 6.04 Å². The number of aromatic nitrogens is 3. The van der Waals surface area contributed by atoms with Gasteiger partial charge in [0.05, 0.1) is 24.8 Å². The van der Waals surface area contributed by atoms with Crippen molar-refractivity contribution in [3.05, 3.63) is 64.6 Å². The molecule has 0 aromatic carbocycles. The first-order valence-electron chi connectivity index (χ1n) is 8.77. The Hall–Kier alpha value is -1.89. The maximum atomic E-state index is 5.96. The van der Waals surface area contributed by atoms with E-state index >= 15 is 0 Å². The van der Waals surface area contributed by atoms with Crippen LogP contribution >= 0.6 is 11.3 Å². The first kappa shape index (κ1) is 16.6. The third-order valence-electron chi connectivity index (χ3n) is 4.87. The van der Waals surface area contributed by atoms with Crippen LogP contribution in [0.25, 0.3) is 0 Å². The van der Waals surface area contributed by atoms with Crippen LogP contribution in [-0.4, -0.2) is 26.8 Å². The Morgan fingerprint density at radius 3 is 3.12 bits per heavy atom. The lowest BCUT2D eigenvalue weighted by atomic mass is 10.0. The molecule has 0 saturated carbocycles. The van der Waals surface area contributed by atoms with Crippen molar-refractivity contribution in [2.24, 2.45) is 7.05 Å². The molecule has 132 valence electrons. The second-order valence-electron chi connectivity index (χ2n) is 6.60. The molecule has 3 aromatic rings. The second-order valence-corrected chi connectivity index (χ2v) is 7.63. The van der Waals surface area contributed by atoms with Crippen LogP contribution in [0.2, 0.25) is 0 Å². The van der Waals surface area contributed by atoms with Gasteiger partial charge in [0, 0.05) is 43.0 Å². The highest BCUT2D eigenvalue weighted by Gasteiger charge is 2.25. The van der Waals surface area contributed by atoms with Crippen LogP contribution in [0.3, 0.4) is 0 Å². The van der Waals surface area contributed by atoms with Gasteiger partial charge in [-0.05, 0) is 36.4 Å². The molecule has 4 heterocycles. The van der Waals surface area contributed by atoms with Crippen molar-refractivity contribution < 1.29 is 4.74 Å². The average molecular weight is 356 g/mol. The van der Waals surface area contributed by atoms with Gasteiger partial charge in [-0.2, -0.15) is 0 Å². The number of nitrogens with zero attached hydrogens (tertiary/aromatic N) is 3. The van der Waals surface area contributed by atoms with E-state index in [1.54, 1.807) is 0 Å². The Labute approximate surface area is 152 Å². The highest BCUT2D eigenvalue weighted by atomic mass is 32.1. The number of aryl methyl sites for hydroxylation is 1. The quantitative estimate of drug-likeness (QED) is 0.737. The van der Waals surface area contributed by atoms with Gasteiger partial charge in [0.1, 0.15) is 6.10 Å². The topological polar surface area (TPSA) is 44.0 Å². The van der Waals surface area contributed by atoms with Crippen molar-refractivity contribution in [1.82, 2.24) is 19.4 Å². The summed E-state index contributed by atoms with van der Waals surface area (Å²) in [6, 6.07) is 9.12. The first-order valence-corrected chi connectivity index (χ1v) is 9.65. The van der Waals surface area contributed by atoms with Crippen LogP contribution in [0.15, 0.2) is 48.4 Å². The molecule has 1 saturated heterocycles. The van der Waals surface area contributed by atoms with Crippen molar-refractivity contribution in [3.8, 4) is 0 Å². The number of hydrogen-bond donors (Lipinski definition) is 1. The second kappa shape index (κ2) is 7.56. The third-order valence-corrected chi connectivity index (χ3v) is 5.73. The zero-order chi connectivity index (χ0) is 17.1. The van der Waals surface area contributed by atoms with Crippen molar-refractivity contribution in [2.75, 3.05) is 6.61 Å². The minimum Gasteiger partial charge on any atom is -0.372 e. The molecule has 1 aliphatic rings. The van der Waals surface area contributed by atoms with E-state index in [2.05, 4.69) is 55.3 Å². The summed E-state index contributed by atoms with van der Waals surface area (Å²) in [7, 11) is 2.03. The first-order chi connectivity index (χ1) is 12.3. The lowest BCUT2D eigenvalue weighted by Crippen LogP contribution is -2.36. The van der Waals surface area contributed by atoms with Gasteiger partial charge in [0.15, 0.2) is 0 Å². The van der Waals surface area contributed by atoms with Gasteiger partial charge in [-0.25, -0.2) is 4.98 Å². The lowest BCUT2D eigenvalue weighted by Gasteiger charge is -2.30. The molecule has 1 fully saturated rings. The third kappa shape index (κ3) is 3.86. The monoisotopic (exact) mass is 356 g/mol. The Bertz CT molecular complexity index is 792. The molecule has 4 rings (SSSR count). The molecule has 25 heavy (non-hydrogen) atoms.